The van der Waals surface area contributed by atoms with Crippen molar-refractivity contribution >= 4 is 16.9 Å². The van der Waals surface area contributed by atoms with Gasteiger partial charge < -0.3 is 19.5 Å². The number of methoxy groups -OCH3 is 2. The van der Waals surface area contributed by atoms with Gasteiger partial charge in [0.1, 0.15) is 23.2 Å². The van der Waals surface area contributed by atoms with Gasteiger partial charge in [0.15, 0.2) is 5.65 Å². The monoisotopic (exact) mass is 489 g/mol. The molecule has 1 saturated heterocycles. The Balaban J connectivity index is 1.32. The van der Waals surface area contributed by atoms with Crippen LogP contribution in [0, 0.1) is 0 Å². The van der Waals surface area contributed by atoms with Crippen LogP contribution in [0.3, 0.4) is 0 Å². The number of ether oxygens (including phenoxy) is 2. The molecule has 1 amide bonds. The van der Waals surface area contributed by atoms with E-state index in [4.69, 9.17) is 9.47 Å². The molecular formula is C26H27N5O5. The number of hydrogen-bond donors (Lipinski definition) is 1. The smallest absolute Gasteiger partial charge is 0.264 e. The standard InChI is InChI=1S/C26H27N5O5/c1-35-19-8-9-22(36-2)20(14-19)24(32)29-12-10-26(34,11-13-29)16-30-17-27-23-21(25(30)33)15-28-31(23)18-6-4-3-5-7-18/h3-9,14-15,17,34H,10-13,16H2,1-2H3. The van der Waals surface area contributed by atoms with E-state index in [1.807, 2.05) is 30.3 Å². The average Bonchev–Trinajstić information content (AvgIpc) is 3.35. The first-order chi connectivity index (χ1) is 17.4. The number of hydrogen-bond acceptors (Lipinski definition) is 7. The summed E-state index contributed by atoms with van der Waals surface area (Å²) in [4.78, 5) is 32.5. The number of nitrogens with zero attached hydrogens (tertiary/aromatic N) is 5. The van der Waals surface area contributed by atoms with Gasteiger partial charge in [-0.1, -0.05) is 18.2 Å². The zero-order valence-electron chi connectivity index (χ0n) is 20.1. The first kappa shape index (κ1) is 23.6. The van der Waals surface area contributed by atoms with E-state index in [0.29, 0.717) is 54.0 Å². The molecule has 3 heterocycles. The van der Waals surface area contributed by atoms with Crippen LogP contribution in [0.2, 0.25) is 0 Å². The molecule has 0 aliphatic carbocycles. The van der Waals surface area contributed by atoms with Gasteiger partial charge >= 0.3 is 0 Å². The quantitative estimate of drug-likeness (QED) is 0.442. The molecule has 0 radical (unpaired) electrons. The lowest BCUT2D eigenvalue weighted by Gasteiger charge is -2.38. The van der Waals surface area contributed by atoms with E-state index in [9.17, 15) is 14.7 Å². The Bertz CT molecular complexity index is 1450. The predicted molar refractivity (Wildman–Crippen MR) is 133 cm³/mol. The van der Waals surface area contributed by atoms with E-state index in [1.165, 1.54) is 31.3 Å². The van der Waals surface area contributed by atoms with Crippen LogP contribution in [0.5, 0.6) is 11.5 Å². The molecule has 0 bridgehead atoms. The van der Waals surface area contributed by atoms with Gasteiger partial charge in [-0.15, -0.1) is 0 Å². The molecule has 10 heteroatoms. The summed E-state index contributed by atoms with van der Waals surface area (Å²) in [5, 5.41) is 16.0. The van der Waals surface area contributed by atoms with E-state index in [2.05, 4.69) is 10.1 Å². The van der Waals surface area contributed by atoms with Crippen molar-refractivity contribution in [2.75, 3.05) is 27.3 Å². The van der Waals surface area contributed by atoms with Gasteiger partial charge in [0.05, 0.1) is 43.8 Å². The van der Waals surface area contributed by atoms with Crippen molar-refractivity contribution in [2.45, 2.75) is 25.0 Å². The zero-order chi connectivity index (χ0) is 25.3. The SMILES string of the molecule is COc1ccc(OC)c(C(=O)N2CCC(O)(Cn3cnc4c(cnn4-c4ccccc4)c3=O)CC2)c1. The summed E-state index contributed by atoms with van der Waals surface area (Å²) in [6.07, 6.45) is 3.58. The lowest BCUT2D eigenvalue weighted by Crippen LogP contribution is -2.49. The minimum absolute atomic E-state index is 0.0792. The summed E-state index contributed by atoms with van der Waals surface area (Å²) in [5.41, 5.74) is 0.255. The number of rotatable bonds is 6. The molecule has 5 rings (SSSR count). The third kappa shape index (κ3) is 4.31. The Labute approximate surface area is 207 Å². The van der Waals surface area contributed by atoms with Crippen molar-refractivity contribution in [3.63, 3.8) is 0 Å². The van der Waals surface area contributed by atoms with Gasteiger partial charge in [-0.05, 0) is 43.2 Å². The second-order valence-electron chi connectivity index (χ2n) is 8.89. The third-order valence-corrected chi connectivity index (χ3v) is 6.64. The number of carbonyl (C=O) groups is 1. The van der Waals surface area contributed by atoms with E-state index >= 15 is 0 Å². The molecule has 2 aromatic heterocycles. The summed E-state index contributed by atoms with van der Waals surface area (Å²) < 4.78 is 13.6. The third-order valence-electron chi connectivity index (χ3n) is 6.64. The largest absolute Gasteiger partial charge is 0.497 e. The van der Waals surface area contributed by atoms with Crippen molar-refractivity contribution in [3.8, 4) is 17.2 Å². The van der Waals surface area contributed by atoms with Gasteiger partial charge in [0.2, 0.25) is 0 Å². The Morgan fingerprint density at radius 2 is 1.83 bits per heavy atom. The van der Waals surface area contributed by atoms with Gasteiger partial charge in [0.25, 0.3) is 11.5 Å². The number of carbonyl (C=O) groups excluding carboxylic acids is 1. The average molecular weight is 490 g/mol. The Hall–Kier alpha value is -4.18. The highest BCUT2D eigenvalue weighted by Gasteiger charge is 2.35. The molecule has 36 heavy (non-hydrogen) atoms. The van der Waals surface area contributed by atoms with E-state index in [0.717, 1.165) is 5.69 Å². The van der Waals surface area contributed by atoms with Gasteiger partial charge in [-0.3, -0.25) is 14.2 Å². The maximum absolute atomic E-state index is 13.2. The number of aliphatic hydroxyl groups is 1. The molecule has 1 aliphatic rings. The number of amides is 1. The second-order valence-corrected chi connectivity index (χ2v) is 8.89. The molecule has 1 aliphatic heterocycles. The molecule has 0 spiro atoms. The maximum Gasteiger partial charge on any atom is 0.264 e. The molecule has 1 fully saturated rings. The van der Waals surface area contributed by atoms with Crippen LogP contribution in [0.4, 0.5) is 0 Å². The van der Waals surface area contributed by atoms with Crippen molar-refractivity contribution in [3.05, 3.63) is 77.0 Å². The van der Waals surface area contributed by atoms with Crippen molar-refractivity contribution in [2.24, 2.45) is 0 Å². The van der Waals surface area contributed by atoms with Crippen LogP contribution in [0.25, 0.3) is 16.7 Å². The van der Waals surface area contributed by atoms with Crippen molar-refractivity contribution in [1.29, 1.82) is 0 Å². The van der Waals surface area contributed by atoms with E-state index in [-0.39, 0.29) is 18.0 Å². The first-order valence-corrected chi connectivity index (χ1v) is 11.6. The molecule has 186 valence electrons. The fourth-order valence-electron chi connectivity index (χ4n) is 4.57. The number of benzene rings is 2. The number of aromatic nitrogens is 4. The van der Waals surface area contributed by atoms with E-state index < -0.39 is 5.60 Å². The minimum Gasteiger partial charge on any atom is -0.497 e. The normalized spacial score (nSPS) is 15.1. The van der Waals surface area contributed by atoms with Crippen molar-refractivity contribution < 1.29 is 19.4 Å². The van der Waals surface area contributed by atoms with E-state index in [1.54, 1.807) is 27.8 Å². The maximum atomic E-state index is 13.2. The highest BCUT2D eigenvalue weighted by Crippen LogP contribution is 2.29. The van der Waals surface area contributed by atoms with Crippen molar-refractivity contribution in [1.82, 2.24) is 24.2 Å². The molecule has 0 saturated carbocycles. The number of para-hydroxylation sites is 1. The summed E-state index contributed by atoms with van der Waals surface area (Å²) in [7, 11) is 3.05. The molecule has 0 atom stereocenters. The topological polar surface area (TPSA) is 112 Å². The van der Waals surface area contributed by atoms with Gasteiger partial charge in [-0.25, -0.2) is 9.67 Å². The zero-order valence-corrected chi connectivity index (χ0v) is 20.1. The molecule has 4 aromatic rings. The molecule has 0 unspecified atom stereocenters. The van der Waals surface area contributed by atoms with Crippen LogP contribution in [0.1, 0.15) is 23.2 Å². The number of fused-ring (bicyclic) bond motifs is 1. The molecule has 2 aromatic carbocycles. The molecule has 1 N–H and O–H groups in total. The lowest BCUT2D eigenvalue weighted by atomic mass is 9.90. The minimum atomic E-state index is -1.15. The highest BCUT2D eigenvalue weighted by atomic mass is 16.5. The fraction of sp³-hybridized carbons (Fsp3) is 0.308. The highest BCUT2D eigenvalue weighted by molar-refractivity contribution is 5.97. The summed E-state index contributed by atoms with van der Waals surface area (Å²) in [6, 6.07) is 14.5. The Morgan fingerprint density at radius 3 is 2.53 bits per heavy atom. The summed E-state index contributed by atoms with van der Waals surface area (Å²) in [6.45, 7) is 0.758. The first-order valence-electron chi connectivity index (χ1n) is 11.6. The summed E-state index contributed by atoms with van der Waals surface area (Å²) in [5.74, 6) is 0.829. The number of likely N-dealkylation sites (tertiary alicyclic amines) is 1. The van der Waals surface area contributed by atoms with Crippen LogP contribution in [-0.2, 0) is 6.54 Å². The predicted octanol–water partition coefficient (Wildman–Crippen LogP) is 2.27. The van der Waals surface area contributed by atoms with Crippen LogP contribution < -0.4 is 15.0 Å². The lowest BCUT2D eigenvalue weighted by molar-refractivity contribution is -0.0299. The summed E-state index contributed by atoms with van der Waals surface area (Å²) >= 11 is 0. The van der Waals surface area contributed by atoms with Gasteiger partial charge in [-0.2, -0.15) is 5.10 Å². The Kier molecular flexibility index (Phi) is 6.19. The van der Waals surface area contributed by atoms with Crippen LogP contribution >= 0.6 is 0 Å². The Morgan fingerprint density at radius 1 is 1.08 bits per heavy atom. The number of piperidine rings is 1. The molecule has 10 nitrogen and oxygen atoms in total. The van der Waals surface area contributed by atoms with Crippen LogP contribution in [-0.4, -0.2) is 68.2 Å². The second kappa shape index (κ2) is 9.46. The fourth-order valence-corrected chi connectivity index (χ4v) is 4.57. The molecular weight excluding hydrogens is 462 g/mol. The van der Waals surface area contributed by atoms with Gasteiger partial charge in [0, 0.05) is 13.1 Å². The van der Waals surface area contributed by atoms with Crippen LogP contribution in [0.15, 0.2) is 65.8 Å².